The third kappa shape index (κ3) is 3.03. The molecule has 3 unspecified atom stereocenters. The van der Waals surface area contributed by atoms with Gasteiger partial charge in [0.15, 0.2) is 5.96 Å². The monoisotopic (exact) mass is 271 g/mol. The van der Waals surface area contributed by atoms with Gasteiger partial charge in [0.2, 0.25) is 0 Å². The molecule has 0 spiro atoms. The molecular weight excluding hydrogens is 242 g/mol. The zero-order valence-corrected chi connectivity index (χ0v) is 12.9. The van der Waals surface area contributed by atoms with Crippen LogP contribution in [0.15, 0.2) is 4.99 Å². The van der Waals surface area contributed by atoms with Gasteiger partial charge in [-0.15, -0.1) is 0 Å². The second-order valence-corrected chi connectivity index (χ2v) is 5.34. The summed E-state index contributed by atoms with van der Waals surface area (Å²) in [4.78, 5) is 4.27. The molecule has 1 aliphatic carbocycles. The molecule has 1 saturated carbocycles. The number of aliphatic imine (C=N–C) groups is 1. The molecule has 0 aliphatic heterocycles. The SMILES string of the molecule is CCC1(CC)C(NC(N)=NCCOC)C(C)C1OC. The summed E-state index contributed by atoms with van der Waals surface area (Å²) >= 11 is 0. The van der Waals surface area contributed by atoms with Gasteiger partial charge in [-0.25, -0.2) is 0 Å². The smallest absolute Gasteiger partial charge is 0.188 e. The van der Waals surface area contributed by atoms with Crippen LogP contribution in [0.5, 0.6) is 0 Å². The summed E-state index contributed by atoms with van der Waals surface area (Å²) < 4.78 is 10.6. The molecule has 1 rings (SSSR count). The van der Waals surface area contributed by atoms with Crippen molar-refractivity contribution in [2.75, 3.05) is 27.4 Å². The first-order valence-corrected chi connectivity index (χ1v) is 7.15. The van der Waals surface area contributed by atoms with Crippen LogP contribution >= 0.6 is 0 Å². The first-order valence-electron chi connectivity index (χ1n) is 7.15. The Morgan fingerprint density at radius 2 is 1.95 bits per heavy atom. The first kappa shape index (κ1) is 16.2. The van der Waals surface area contributed by atoms with Gasteiger partial charge in [-0.05, 0) is 12.8 Å². The summed E-state index contributed by atoms with van der Waals surface area (Å²) in [5.41, 5.74) is 6.11. The van der Waals surface area contributed by atoms with E-state index in [1.54, 1.807) is 14.2 Å². The number of nitrogens with two attached hydrogens (primary N) is 1. The molecule has 0 heterocycles. The van der Waals surface area contributed by atoms with Crippen molar-refractivity contribution in [3.05, 3.63) is 0 Å². The Hall–Kier alpha value is -0.810. The zero-order valence-electron chi connectivity index (χ0n) is 12.9. The summed E-state index contributed by atoms with van der Waals surface area (Å²) in [6, 6.07) is 0.332. The van der Waals surface area contributed by atoms with Gasteiger partial charge in [0.25, 0.3) is 0 Å². The lowest BCUT2D eigenvalue weighted by Gasteiger charge is -2.59. The van der Waals surface area contributed by atoms with Gasteiger partial charge in [-0.3, -0.25) is 4.99 Å². The summed E-state index contributed by atoms with van der Waals surface area (Å²) in [5, 5.41) is 3.37. The summed E-state index contributed by atoms with van der Waals surface area (Å²) in [6.45, 7) is 7.83. The highest BCUT2D eigenvalue weighted by atomic mass is 16.5. The normalized spacial score (nSPS) is 29.9. The maximum atomic E-state index is 5.95. The molecule has 0 aromatic heterocycles. The number of guanidine groups is 1. The van der Waals surface area contributed by atoms with Crippen LogP contribution in [-0.4, -0.2) is 45.5 Å². The second-order valence-electron chi connectivity index (χ2n) is 5.34. The minimum atomic E-state index is 0.162. The quantitative estimate of drug-likeness (QED) is 0.417. The molecule has 0 saturated heterocycles. The lowest BCUT2D eigenvalue weighted by atomic mass is 9.53. The van der Waals surface area contributed by atoms with Crippen LogP contribution in [0.3, 0.4) is 0 Å². The van der Waals surface area contributed by atoms with E-state index in [2.05, 4.69) is 31.1 Å². The van der Waals surface area contributed by atoms with Crippen molar-refractivity contribution in [2.45, 2.75) is 45.8 Å². The third-order valence-electron chi connectivity index (χ3n) is 4.64. The maximum absolute atomic E-state index is 5.95. The van der Waals surface area contributed by atoms with E-state index in [-0.39, 0.29) is 5.41 Å². The van der Waals surface area contributed by atoms with Crippen molar-refractivity contribution in [1.29, 1.82) is 0 Å². The van der Waals surface area contributed by atoms with Crippen LogP contribution in [0, 0.1) is 11.3 Å². The standard InChI is InChI=1S/C14H29N3O2/c1-6-14(7-2)11(10(3)12(14)19-5)17-13(15)16-8-9-18-4/h10-12H,6-9H2,1-5H3,(H3,15,16,17). The largest absolute Gasteiger partial charge is 0.383 e. The van der Waals surface area contributed by atoms with Crippen molar-refractivity contribution in [3.8, 4) is 0 Å². The van der Waals surface area contributed by atoms with Crippen LogP contribution in [0.25, 0.3) is 0 Å². The number of nitrogens with zero attached hydrogens (tertiary/aromatic N) is 1. The highest BCUT2D eigenvalue weighted by Crippen LogP contribution is 2.52. The van der Waals surface area contributed by atoms with Gasteiger partial charge < -0.3 is 20.5 Å². The molecule has 0 aromatic rings. The van der Waals surface area contributed by atoms with E-state index in [4.69, 9.17) is 15.2 Å². The summed E-state index contributed by atoms with van der Waals surface area (Å²) in [6.07, 6.45) is 2.46. The molecule has 3 N–H and O–H groups in total. The predicted molar refractivity (Wildman–Crippen MR) is 78.3 cm³/mol. The molecule has 112 valence electrons. The lowest BCUT2D eigenvalue weighted by Crippen LogP contribution is -2.70. The number of hydrogen-bond acceptors (Lipinski definition) is 3. The molecule has 5 nitrogen and oxygen atoms in total. The van der Waals surface area contributed by atoms with Gasteiger partial charge in [0, 0.05) is 31.6 Å². The van der Waals surface area contributed by atoms with Gasteiger partial charge >= 0.3 is 0 Å². The highest BCUT2D eigenvalue weighted by molar-refractivity contribution is 5.78. The molecule has 0 aromatic carbocycles. The number of methoxy groups -OCH3 is 2. The average Bonchev–Trinajstić information content (AvgIpc) is 2.42. The van der Waals surface area contributed by atoms with Crippen molar-refractivity contribution in [2.24, 2.45) is 22.1 Å². The van der Waals surface area contributed by atoms with Gasteiger partial charge in [-0.2, -0.15) is 0 Å². The third-order valence-corrected chi connectivity index (χ3v) is 4.64. The first-order chi connectivity index (χ1) is 9.07. The average molecular weight is 271 g/mol. The van der Waals surface area contributed by atoms with Crippen LogP contribution in [0.4, 0.5) is 0 Å². The van der Waals surface area contributed by atoms with Crippen molar-refractivity contribution in [1.82, 2.24) is 5.32 Å². The van der Waals surface area contributed by atoms with Crippen LogP contribution in [0.2, 0.25) is 0 Å². The molecule has 0 radical (unpaired) electrons. The second kappa shape index (κ2) is 7.10. The molecule has 19 heavy (non-hydrogen) atoms. The number of nitrogens with one attached hydrogen (secondary N) is 1. The van der Waals surface area contributed by atoms with E-state index in [0.717, 1.165) is 12.8 Å². The topological polar surface area (TPSA) is 68.9 Å². The lowest BCUT2D eigenvalue weighted by molar-refractivity contribution is -0.163. The molecule has 5 heteroatoms. The van der Waals surface area contributed by atoms with Crippen molar-refractivity contribution in [3.63, 3.8) is 0 Å². The van der Waals surface area contributed by atoms with E-state index in [1.807, 2.05) is 0 Å². The minimum absolute atomic E-state index is 0.162. The van der Waals surface area contributed by atoms with Gasteiger partial charge in [-0.1, -0.05) is 20.8 Å². The maximum Gasteiger partial charge on any atom is 0.188 e. The van der Waals surface area contributed by atoms with Gasteiger partial charge in [0.05, 0.1) is 19.3 Å². The molecule has 0 amide bonds. The number of ether oxygens (including phenoxy) is 2. The Kier molecular flexibility index (Phi) is 6.07. The van der Waals surface area contributed by atoms with Crippen LogP contribution < -0.4 is 11.1 Å². The van der Waals surface area contributed by atoms with Crippen LogP contribution in [-0.2, 0) is 9.47 Å². The highest BCUT2D eigenvalue weighted by Gasteiger charge is 2.58. The fourth-order valence-corrected chi connectivity index (χ4v) is 3.56. The fraction of sp³-hybridized carbons (Fsp3) is 0.929. The van der Waals surface area contributed by atoms with Crippen LogP contribution in [0.1, 0.15) is 33.6 Å². The van der Waals surface area contributed by atoms with Crippen molar-refractivity contribution >= 4 is 5.96 Å². The zero-order chi connectivity index (χ0) is 14.5. The summed E-state index contributed by atoms with van der Waals surface area (Å²) in [7, 11) is 3.46. The molecule has 3 atom stereocenters. The van der Waals surface area contributed by atoms with E-state index in [1.165, 1.54) is 0 Å². The number of rotatable bonds is 7. The van der Waals surface area contributed by atoms with E-state index in [0.29, 0.717) is 37.2 Å². The minimum Gasteiger partial charge on any atom is -0.383 e. The Morgan fingerprint density at radius 3 is 2.42 bits per heavy atom. The van der Waals surface area contributed by atoms with Crippen molar-refractivity contribution < 1.29 is 9.47 Å². The predicted octanol–water partition coefficient (Wildman–Crippen LogP) is 1.38. The Bertz CT molecular complexity index is 303. The van der Waals surface area contributed by atoms with E-state index >= 15 is 0 Å². The van der Waals surface area contributed by atoms with E-state index < -0.39 is 0 Å². The molecule has 1 fully saturated rings. The Labute approximate surface area is 116 Å². The Balaban J connectivity index is 2.68. The number of hydrogen-bond donors (Lipinski definition) is 2. The Morgan fingerprint density at radius 1 is 1.32 bits per heavy atom. The van der Waals surface area contributed by atoms with E-state index in [9.17, 15) is 0 Å². The fourth-order valence-electron chi connectivity index (χ4n) is 3.56. The molecule has 1 aliphatic rings. The molecule has 0 bridgehead atoms. The molecular formula is C14H29N3O2. The van der Waals surface area contributed by atoms with Gasteiger partial charge in [0.1, 0.15) is 0 Å². The summed E-state index contributed by atoms with van der Waals surface area (Å²) in [5.74, 6) is 0.954.